The molecule has 5 heteroatoms. The second kappa shape index (κ2) is 4.53. The monoisotopic (exact) mass is 215 g/mol. The Labute approximate surface area is 85.1 Å². The highest BCUT2D eigenvalue weighted by Gasteiger charge is 2.12. The van der Waals surface area contributed by atoms with E-state index < -0.39 is 0 Å². The van der Waals surface area contributed by atoms with E-state index in [0.29, 0.717) is 0 Å². The minimum atomic E-state index is -0.351. The van der Waals surface area contributed by atoms with Gasteiger partial charge in [-0.2, -0.15) is 0 Å². The zero-order valence-corrected chi connectivity index (χ0v) is 8.95. The van der Waals surface area contributed by atoms with Crippen molar-refractivity contribution in [3.8, 4) is 0 Å². The molecule has 0 bridgehead atoms. The quantitative estimate of drug-likeness (QED) is 0.441. The van der Waals surface area contributed by atoms with E-state index in [1.54, 1.807) is 23.9 Å². The van der Waals surface area contributed by atoms with Crippen LogP contribution in [0.4, 0.5) is 5.69 Å². The van der Waals surface area contributed by atoms with Crippen LogP contribution in [-0.4, -0.2) is 17.4 Å². The Bertz CT molecular complexity index is 328. The van der Waals surface area contributed by atoms with Gasteiger partial charge < -0.3 is 0 Å². The second-order valence-electron chi connectivity index (χ2n) is 2.29. The smallest absolute Gasteiger partial charge is 0.258 e. The fourth-order valence-electron chi connectivity index (χ4n) is 0.936. The Morgan fingerprint density at radius 3 is 2.46 bits per heavy atom. The van der Waals surface area contributed by atoms with Crippen molar-refractivity contribution in [2.75, 3.05) is 12.5 Å². The molecule has 0 spiro atoms. The number of rotatable bonds is 3. The van der Waals surface area contributed by atoms with E-state index in [1.807, 2.05) is 18.6 Å². The largest absolute Gasteiger partial charge is 0.282 e. The molecule has 0 N–H and O–H groups in total. The molecule has 1 aromatic rings. The van der Waals surface area contributed by atoms with Crippen LogP contribution in [0.25, 0.3) is 0 Å². The molecule has 0 radical (unpaired) electrons. The standard InChI is InChI=1S/C8H9NO2S2/c1-12-6-3-4-7(9(10)11)8(5-6)13-2/h3-5H,1-2H3. The molecule has 0 unspecified atom stereocenters. The van der Waals surface area contributed by atoms with Crippen LogP contribution in [0.15, 0.2) is 28.0 Å². The van der Waals surface area contributed by atoms with Gasteiger partial charge in [-0.3, -0.25) is 10.1 Å². The average molecular weight is 215 g/mol. The number of nitro groups is 1. The Kier molecular flexibility index (Phi) is 3.62. The van der Waals surface area contributed by atoms with Gasteiger partial charge in [0.15, 0.2) is 0 Å². The fourth-order valence-corrected chi connectivity index (χ4v) is 2.05. The van der Waals surface area contributed by atoms with Crippen molar-refractivity contribution in [2.45, 2.75) is 9.79 Å². The van der Waals surface area contributed by atoms with Gasteiger partial charge in [0.2, 0.25) is 0 Å². The van der Waals surface area contributed by atoms with Crippen LogP contribution in [0, 0.1) is 10.1 Å². The summed E-state index contributed by atoms with van der Waals surface area (Å²) in [5.74, 6) is 0. The summed E-state index contributed by atoms with van der Waals surface area (Å²) in [7, 11) is 0. The summed E-state index contributed by atoms with van der Waals surface area (Å²) in [4.78, 5) is 12.0. The maximum absolute atomic E-state index is 10.6. The van der Waals surface area contributed by atoms with Gasteiger partial charge in [0.25, 0.3) is 5.69 Å². The number of benzene rings is 1. The molecule has 13 heavy (non-hydrogen) atoms. The summed E-state index contributed by atoms with van der Waals surface area (Å²) in [5, 5.41) is 10.6. The zero-order chi connectivity index (χ0) is 9.84. The number of thioether (sulfide) groups is 2. The van der Waals surface area contributed by atoms with Gasteiger partial charge in [-0.05, 0) is 24.6 Å². The molecule has 1 rings (SSSR count). The maximum atomic E-state index is 10.6. The molecule has 0 atom stereocenters. The summed E-state index contributed by atoms with van der Waals surface area (Å²) >= 11 is 2.98. The fraction of sp³-hybridized carbons (Fsp3) is 0.250. The van der Waals surface area contributed by atoms with E-state index in [4.69, 9.17) is 0 Å². The highest BCUT2D eigenvalue weighted by atomic mass is 32.2. The molecule has 0 aliphatic carbocycles. The molecule has 0 aliphatic rings. The van der Waals surface area contributed by atoms with Crippen molar-refractivity contribution in [1.82, 2.24) is 0 Å². The van der Waals surface area contributed by atoms with E-state index in [-0.39, 0.29) is 10.6 Å². The summed E-state index contributed by atoms with van der Waals surface area (Å²) in [6, 6.07) is 5.16. The molecule has 0 aliphatic heterocycles. The molecule has 70 valence electrons. The average Bonchev–Trinajstić information content (AvgIpc) is 2.16. The lowest BCUT2D eigenvalue weighted by atomic mass is 10.3. The second-order valence-corrected chi connectivity index (χ2v) is 4.02. The third kappa shape index (κ3) is 2.38. The predicted molar refractivity (Wildman–Crippen MR) is 56.7 cm³/mol. The van der Waals surface area contributed by atoms with Gasteiger partial charge >= 0.3 is 0 Å². The molecule has 0 heterocycles. The lowest BCUT2D eigenvalue weighted by molar-refractivity contribution is -0.387. The molecule has 1 aromatic carbocycles. The number of hydrogen-bond donors (Lipinski definition) is 0. The predicted octanol–water partition coefficient (Wildman–Crippen LogP) is 3.04. The Morgan fingerprint density at radius 2 is 2.00 bits per heavy atom. The van der Waals surface area contributed by atoms with Crippen LogP contribution in [0.1, 0.15) is 0 Å². The molecule has 0 saturated carbocycles. The minimum absolute atomic E-state index is 0.185. The van der Waals surface area contributed by atoms with E-state index in [1.165, 1.54) is 11.8 Å². The summed E-state index contributed by atoms with van der Waals surface area (Å²) in [6.45, 7) is 0. The molecule has 3 nitrogen and oxygen atoms in total. The highest BCUT2D eigenvalue weighted by molar-refractivity contribution is 7.99. The molecule has 0 amide bonds. The molecule has 0 aromatic heterocycles. The van der Waals surface area contributed by atoms with Crippen LogP contribution in [0.2, 0.25) is 0 Å². The lowest BCUT2D eigenvalue weighted by Crippen LogP contribution is -1.90. The van der Waals surface area contributed by atoms with Gasteiger partial charge in [0.05, 0.1) is 9.82 Å². The maximum Gasteiger partial charge on any atom is 0.282 e. The van der Waals surface area contributed by atoms with Gasteiger partial charge in [-0.25, -0.2) is 0 Å². The summed E-state index contributed by atoms with van der Waals surface area (Å²) in [6.07, 6.45) is 3.79. The van der Waals surface area contributed by atoms with Crippen molar-refractivity contribution in [3.63, 3.8) is 0 Å². The first-order valence-corrected chi connectivity index (χ1v) is 6.00. The van der Waals surface area contributed by atoms with Gasteiger partial charge in [0.1, 0.15) is 0 Å². The topological polar surface area (TPSA) is 43.1 Å². The van der Waals surface area contributed by atoms with Crippen LogP contribution in [0.3, 0.4) is 0 Å². The van der Waals surface area contributed by atoms with Crippen LogP contribution in [-0.2, 0) is 0 Å². The number of hydrogen-bond acceptors (Lipinski definition) is 4. The third-order valence-corrected chi connectivity index (χ3v) is 3.08. The van der Waals surface area contributed by atoms with Crippen LogP contribution < -0.4 is 0 Å². The molecular formula is C8H9NO2S2. The first-order chi connectivity index (χ1) is 6.19. The summed E-state index contributed by atoms with van der Waals surface area (Å²) in [5.41, 5.74) is 0.185. The molecule has 0 fully saturated rings. The van der Waals surface area contributed by atoms with E-state index >= 15 is 0 Å². The minimum Gasteiger partial charge on any atom is -0.258 e. The normalized spacial score (nSPS) is 10.0. The van der Waals surface area contributed by atoms with E-state index in [2.05, 4.69) is 0 Å². The van der Waals surface area contributed by atoms with Crippen LogP contribution in [0.5, 0.6) is 0 Å². The summed E-state index contributed by atoms with van der Waals surface area (Å²) < 4.78 is 0. The van der Waals surface area contributed by atoms with Gasteiger partial charge in [-0.1, -0.05) is 0 Å². The SMILES string of the molecule is CSc1ccc([N+](=O)[O-])c(SC)c1. The molecule has 0 saturated heterocycles. The van der Waals surface area contributed by atoms with Gasteiger partial charge in [0, 0.05) is 11.0 Å². The van der Waals surface area contributed by atoms with Crippen LogP contribution >= 0.6 is 23.5 Å². The Morgan fingerprint density at radius 1 is 1.31 bits per heavy atom. The first-order valence-electron chi connectivity index (χ1n) is 3.55. The molecular weight excluding hydrogens is 206 g/mol. The zero-order valence-electron chi connectivity index (χ0n) is 7.31. The number of nitrogens with zero attached hydrogens (tertiary/aromatic N) is 1. The number of nitro benzene ring substituents is 1. The highest BCUT2D eigenvalue weighted by Crippen LogP contribution is 2.30. The van der Waals surface area contributed by atoms with Crippen molar-refractivity contribution < 1.29 is 4.92 Å². The Balaban J connectivity index is 3.15. The first kappa shape index (κ1) is 10.4. The Hall–Kier alpha value is -0.680. The van der Waals surface area contributed by atoms with Crippen molar-refractivity contribution in [1.29, 1.82) is 0 Å². The van der Waals surface area contributed by atoms with E-state index in [0.717, 1.165) is 9.79 Å². The van der Waals surface area contributed by atoms with Crippen molar-refractivity contribution >= 4 is 29.2 Å². The lowest BCUT2D eigenvalue weighted by Gasteiger charge is -2.01. The van der Waals surface area contributed by atoms with Gasteiger partial charge in [-0.15, -0.1) is 23.5 Å². The van der Waals surface area contributed by atoms with Crippen molar-refractivity contribution in [2.24, 2.45) is 0 Å². The van der Waals surface area contributed by atoms with Crippen molar-refractivity contribution in [3.05, 3.63) is 28.3 Å². The third-order valence-electron chi connectivity index (χ3n) is 1.58. The van der Waals surface area contributed by atoms with E-state index in [9.17, 15) is 10.1 Å².